The van der Waals surface area contributed by atoms with E-state index in [0.29, 0.717) is 12.5 Å². The largest absolute Gasteiger partial charge is 0.371 e. The highest BCUT2D eigenvalue weighted by molar-refractivity contribution is 9.10. The van der Waals surface area contributed by atoms with Crippen LogP contribution in [0.4, 0.5) is 5.69 Å². The molecule has 7 heteroatoms. The molecule has 0 unspecified atom stereocenters. The van der Waals surface area contributed by atoms with Gasteiger partial charge in [-0.25, -0.2) is 0 Å². The fraction of sp³-hybridized carbons (Fsp3) is 0.571. The van der Waals surface area contributed by atoms with Crippen molar-refractivity contribution in [2.24, 2.45) is 17.8 Å². The zero-order valence-corrected chi connectivity index (χ0v) is 17.5. The Labute approximate surface area is 173 Å². The van der Waals surface area contributed by atoms with Crippen LogP contribution in [-0.2, 0) is 14.4 Å². The summed E-state index contributed by atoms with van der Waals surface area (Å²) < 4.78 is 1.06. The van der Waals surface area contributed by atoms with E-state index in [1.807, 2.05) is 12.1 Å². The van der Waals surface area contributed by atoms with Gasteiger partial charge in [0.2, 0.25) is 17.7 Å². The van der Waals surface area contributed by atoms with Gasteiger partial charge in [0.1, 0.15) is 6.54 Å². The molecule has 0 radical (unpaired) electrons. The van der Waals surface area contributed by atoms with Crippen molar-refractivity contribution in [2.75, 3.05) is 31.1 Å². The first-order chi connectivity index (χ1) is 13.5. The van der Waals surface area contributed by atoms with Gasteiger partial charge in [-0.3, -0.25) is 19.3 Å². The second-order valence-electron chi connectivity index (χ2n) is 8.14. The van der Waals surface area contributed by atoms with Crippen LogP contribution in [0.2, 0.25) is 0 Å². The van der Waals surface area contributed by atoms with E-state index in [1.54, 1.807) is 0 Å². The predicted molar refractivity (Wildman–Crippen MR) is 110 cm³/mol. The highest BCUT2D eigenvalue weighted by Gasteiger charge is 2.48. The number of nitrogens with one attached hydrogen (secondary N) is 1. The SMILES string of the molecule is O=C(CN1C(=O)[C@H]2CCCC[C@H]2C1=O)NC[C@H]1CCN(c2cccc(Br)c2)C1. The van der Waals surface area contributed by atoms with E-state index in [0.717, 1.165) is 49.7 Å². The lowest BCUT2D eigenvalue weighted by atomic mass is 9.81. The van der Waals surface area contributed by atoms with Crippen molar-refractivity contribution in [1.29, 1.82) is 0 Å². The fourth-order valence-corrected chi connectivity index (χ4v) is 5.14. The van der Waals surface area contributed by atoms with Gasteiger partial charge < -0.3 is 10.2 Å². The number of nitrogens with zero attached hydrogens (tertiary/aromatic N) is 2. The number of rotatable bonds is 5. The molecule has 1 aliphatic carbocycles. The lowest BCUT2D eigenvalue weighted by molar-refractivity contribution is -0.143. The summed E-state index contributed by atoms with van der Waals surface area (Å²) in [6.07, 6.45) is 4.56. The number of carbonyl (C=O) groups excluding carboxylic acids is 3. The minimum atomic E-state index is -0.235. The monoisotopic (exact) mass is 447 g/mol. The summed E-state index contributed by atoms with van der Waals surface area (Å²) in [6.45, 7) is 2.30. The summed E-state index contributed by atoms with van der Waals surface area (Å²) in [4.78, 5) is 40.9. The van der Waals surface area contributed by atoms with Crippen molar-refractivity contribution in [3.8, 4) is 0 Å². The smallest absolute Gasteiger partial charge is 0.240 e. The average Bonchev–Trinajstić information content (AvgIpc) is 3.26. The van der Waals surface area contributed by atoms with E-state index >= 15 is 0 Å². The molecule has 4 rings (SSSR count). The van der Waals surface area contributed by atoms with Crippen molar-refractivity contribution >= 4 is 39.3 Å². The van der Waals surface area contributed by atoms with Gasteiger partial charge >= 0.3 is 0 Å². The number of carbonyl (C=O) groups is 3. The number of likely N-dealkylation sites (tertiary alicyclic amines) is 1. The first kappa shape index (κ1) is 19.4. The third kappa shape index (κ3) is 3.95. The summed E-state index contributed by atoms with van der Waals surface area (Å²) in [5.74, 6) is -0.542. The Morgan fingerprint density at radius 1 is 1.11 bits per heavy atom. The van der Waals surface area contributed by atoms with Gasteiger partial charge in [-0.2, -0.15) is 0 Å². The van der Waals surface area contributed by atoms with Crippen LogP contribution in [-0.4, -0.2) is 48.8 Å². The zero-order valence-electron chi connectivity index (χ0n) is 15.9. The highest BCUT2D eigenvalue weighted by Crippen LogP contribution is 2.37. The lowest BCUT2D eigenvalue weighted by Crippen LogP contribution is -2.42. The van der Waals surface area contributed by atoms with E-state index in [2.05, 4.69) is 38.3 Å². The third-order valence-corrected chi connectivity index (χ3v) is 6.77. The average molecular weight is 448 g/mol. The molecule has 28 heavy (non-hydrogen) atoms. The van der Waals surface area contributed by atoms with Gasteiger partial charge in [0.25, 0.3) is 0 Å². The minimum Gasteiger partial charge on any atom is -0.371 e. The zero-order chi connectivity index (χ0) is 19.7. The standard InChI is InChI=1S/C21H26BrN3O3/c22-15-4-3-5-16(10-15)24-9-8-14(12-24)11-23-19(26)13-25-20(27)17-6-1-2-7-18(17)21(25)28/h3-5,10,14,17-18H,1-2,6-9,11-13H2,(H,23,26)/t14-,17-,18+/m1/s1. The molecule has 1 aromatic rings. The molecule has 6 nitrogen and oxygen atoms in total. The van der Waals surface area contributed by atoms with Crippen molar-refractivity contribution in [3.05, 3.63) is 28.7 Å². The first-order valence-corrected chi connectivity index (χ1v) is 10.9. The quantitative estimate of drug-likeness (QED) is 0.704. The molecule has 0 bridgehead atoms. The molecule has 3 aliphatic rings. The molecule has 3 amide bonds. The number of hydrogen-bond acceptors (Lipinski definition) is 4. The number of imide groups is 1. The summed E-state index contributed by atoms with van der Waals surface area (Å²) in [6, 6.07) is 8.23. The predicted octanol–water partition coefficient (Wildman–Crippen LogP) is 2.57. The second-order valence-corrected chi connectivity index (χ2v) is 9.06. The van der Waals surface area contributed by atoms with E-state index in [9.17, 15) is 14.4 Å². The Kier molecular flexibility index (Phi) is 5.71. The Morgan fingerprint density at radius 3 is 2.50 bits per heavy atom. The van der Waals surface area contributed by atoms with Gasteiger partial charge in [0.15, 0.2) is 0 Å². The number of hydrogen-bond donors (Lipinski definition) is 1. The van der Waals surface area contributed by atoms with Gasteiger partial charge in [-0.05, 0) is 43.4 Å². The minimum absolute atomic E-state index is 0.132. The third-order valence-electron chi connectivity index (χ3n) is 6.28. The van der Waals surface area contributed by atoms with Gasteiger partial charge in [-0.1, -0.05) is 34.8 Å². The maximum Gasteiger partial charge on any atom is 0.240 e. The van der Waals surface area contributed by atoms with Crippen LogP contribution < -0.4 is 10.2 Å². The molecule has 2 saturated heterocycles. The molecule has 150 valence electrons. The van der Waals surface area contributed by atoms with Gasteiger partial charge in [0, 0.05) is 29.8 Å². The molecule has 1 aromatic carbocycles. The molecule has 2 heterocycles. The molecular weight excluding hydrogens is 422 g/mol. The van der Waals surface area contributed by atoms with Crippen LogP contribution in [0.3, 0.4) is 0 Å². The van der Waals surface area contributed by atoms with E-state index < -0.39 is 0 Å². The van der Waals surface area contributed by atoms with Crippen LogP contribution >= 0.6 is 15.9 Å². The number of anilines is 1. The van der Waals surface area contributed by atoms with Crippen molar-refractivity contribution in [1.82, 2.24) is 10.2 Å². The van der Waals surface area contributed by atoms with Gasteiger partial charge in [0.05, 0.1) is 11.8 Å². The molecule has 3 fully saturated rings. The van der Waals surface area contributed by atoms with Crippen LogP contribution in [0.25, 0.3) is 0 Å². The molecule has 1 N–H and O–H groups in total. The molecule has 1 saturated carbocycles. The van der Waals surface area contributed by atoms with Gasteiger partial charge in [-0.15, -0.1) is 0 Å². The first-order valence-electron chi connectivity index (χ1n) is 10.2. The Morgan fingerprint density at radius 2 is 1.82 bits per heavy atom. The summed E-state index contributed by atoms with van der Waals surface area (Å²) >= 11 is 3.50. The topological polar surface area (TPSA) is 69.7 Å². The molecule has 0 aromatic heterocycles. The number of amides is 3. The highest BCUT2D eigenvalue weighted by atomic mass is 79.9. The Bertz CT molecular complexity index is 760. The van der Waals surface area contributed by atoms with Crippen molar-refractivity contribution in [2.45, 2.75) is 32.1 Å². The van der Waals surface area contributed by atoms with Crippen molar-refractivity contribution in [3.63, 3.8) is 0 Å². The molecular formula is C21H26BrN3O3. The van der Waals surface area contributed by atoms with Crippen LogP contribution in [0.5, 0.6) is 0 Å². The maximum atomic E-state index is 12.5. The van der Waals surface area contributed by atoms with Crippen LogP contribution in [0.15, 0.2) is 28.7 Å². The molecule has 3 atom stereocenters. The van der Waals surface area contributed by atoms with Crippen LogP contribution in [0, 0.1) is 17.8 Å². The van der Waals surface area contributed by atoms with Crippen molar-refractivity contribution < 1.29 is 14.4 Å². The lowest BCUT2D eigenvalue weighted by Gasteiger charge is -2.19. The Balaban J connectivity index is 1.26. The summed E-state index contributed by atoms with van der Waals surface area (Å²) in [5.41, 5.74) is 1.18. The van der Waals surface area contributed by atoms with Crippen LogP contribution in [0.1, 0.15) is 32.1 Å². The molecule has 0 spiro atoms. The Hall–Kier alpha value is -1.89. The van der Waals surface area contributed by atoms with E-state index in [4.69, 9.17) is 0 Å². The summed E-state index contributed by atoms with van der Waals surface area (Å²) in [5, 5.41) is 2.94. The maximum absolute atomic E-state index is 12.5. The number of fused-ring (bicyclic) bond motifs is 1. The fourth-order valence-electron chi connectivity index (χ4n) is 4.75. The second kappa shape index (κ2) is 8.23. The van der Waals surface area contributed by atoms with E-state index in [1.165, 1.54) is 10.6 Å². The normalized spacial score (nSPS) is 27.2. The molecule has 2 aliphatic heterocycles. The van der Waals surface area contributed by atoms with E-state index in [-0.39, 0.29) is 36.1 Å². The summed E-state index contributed by atoms with van der Waals surface area (Å²) in [7, 11) is 0. The number of halogens is 1. The number of benzene rings is 1.